The maximum absolute atomic E-state index is 2.74. The van der Waals surface area contributed by atoms with Gasteiger partial charge in [0.1, 0.15) is 0 Å². The van der Waals surface area contributed by atoms with Crippen molar-refractivity contribution < 1.29 is 0 Å². The Labute approximate surface area is 357 Å². The topological polar surface area (TPSA) is 6.48 Å². The third-order valence-electron chi connectivity index (χ3n) is 14.0. The first-order valence-corrected chi connectivity index (χ1v) is 23.2. The fraction of sp³-hybridized carbons (Fsp3) is 0.222. The van der Waals surface area contributed by atoms with Gasteiger partial charge in [0.05, 0.1) is 17.1 Å². The Hall–Kier alpha value is -5.23. The summed E-state index contributed by atoms with van der Waals surface area (Å²) in [5, 5.41) is 3.99. The minimum Gasteiger partial charge on any atom is -0.374 e. The highest BCUT2D eigenvalue weighted by atomic mass is 32.2. The lowest BCUT2D eigenvalue weighted by Gasteiger charge is -2.47. The van der Waals surface area contributed by atoms with Crippen LogP contribution in [0.5, 0.6) is 0 Å². The lowest BCUT2D eigenvalue weighted by Crippen LogP contribution is -2.61. The predicted molar refractivity (Wildman–Crippen MR) is 257 cm³/mol. The summed E-state index contributed by atoms with van der Waals surface area (Å²) in [7, 11) is 0. The molecule has 0 saturated carbocycles. The zero-order valence-electron chi connectivity index (χ0n) is 34.5. The Morgan fingerprint density at radius 3 is 2.20 bits per heavy atom. The molecule has 12 rings (SSSR count). The molecular formula is C54H47BN2S2. The van der Waals surface area contributed by atoms with E-state index in [2.05, 4.69) is 178 Å². The van der Waals surface area contributed by atoms with E-state index in [1.165, 1.54) is 134 Å². The number of aryl methyl sites for hydroxylation is 1. The number of hydrogen-bond donors (Lipinski definition) is 0. The van der Waals surface area contributed by atoms with Crippen LogP contribution in [0.25, 0.3) is 43.1 Å². The first kappa shape index (κ1) is 35.7. The van der Waals surface area contributed by atoms with Crippen molar-refractivity contribution in [3.8, 4) is 22.3 Å². The number of hydrogen-bond acceptors (Lipinski definition) is 4. The Bertz CT molecular complexity index is 3050. The average Bonchev–Trinajstić information content (AvgIpc) is 3.63. The fourth-order valence-electron chi connectivity index (χ4n) is 10.9. The van der Waals surface area contributed by atoms with Gasteiger partial charge in [-0.1, -0.05) is 138 Å². The molecule has 7 aromatic carbocycles. The quantitative estimate of drug-likeness (QED) is 0.160. The molecule has 0 unspecified atom stereocenters. The highest BCUT2D eigenvalue weighted by Gasteiger charge is 2.50. The van der Waals surface area contributed by atoms with Crippen molar-refractivity contribution >= 4 is 89.5 Å². The second-order valence-corrected chi connectivity index (χ2v) is 20.7. The van der Waals surface area contributed by atoms with E-state index in [0.29, 0.717) is 0 Å². The van der Waals surface area contributed by atoms with Gasteiger partial charge in [0.15, 0.2) is 0 Å². The first-order chi connectivity index (χ1) is 28.7. The Kier molecular flexibility index (Phi) is 7.80. The van der Waals surface area contributed by atoms with E-state index in [4.69, 9.17) is 0 Å². The molecule has 2 nitrogen and oxygen atoms in total. The highest BCUT2D eigenvalue weighted by molar-refractivity contribution is 7.99. The standard InChI is InChI=1S/C54H47BN2S2/c1-6-7-16-33-25-26-42(38(29-33)34-17-9-8-10-18-34)56-44-30-35-19-11-12-20-36(35)48-37-21-15-24-46-50(37)57(43-22-13-14-23-45(43)58-46)55(49(44)48)52-51(56)39-31-40-41(32-47(39)59-52)54(4,5)28-27-53(40,2)3/h8-15,17-26,29-32H,6-7,16,27-28H2,1-5H3. The van der Waals surface area contributed by atoms with E-state index in [1.807, 2.05) is 23.1 Å². The van der Waals surface area contributed by atoms with E-state index in [9.17, 15) is 0 Å². The van der Waals surface area contributed by atoms with Crippen LogP contribution in [-0.2, 0) is 17.3 Å². The number of para-hydroxylation sites is 2. The maximum Gasteiger partial charge on any atom is 0.343 e. The number of nitrogens with zero attached hydrogens (tertiary/aromatic N) is 2. The summed E-state index contributed by atoms with van der Waals surface area (Å²) in [6.45, 7) is 12.2. The molecule has 0 bridgehead atoms. The predicted octanol–water partition coefficient (Wildman–Crippen LogP) is 14.6. The van der Waals surface area contributed by atoms with Gasteiger partial charge in [-0.25, -0.2) is 0 Å². The first-order valence-electron chi connectivity index (χ1n) is 21.6. The summed E-state index contributed by atoms with van der Waals surface area (Å²) in [5.74, 6) is 0. The Balaban J connectivity index is 1.26. The van der Waals surface area contributed by atoms with E-state index in [1.54, 1.807) is 0 Å². The van der Waals surface area contributed by atoms with Gasteiger partial charge in [-0.15, -0.1) is 11.3 Å². The van der Waals surface area contributed by atoms with Crippen molar-refractivity contribution in [3.63, 3.8) is 0 Å². The average molecular weight is 799 g/mol. The normalized spacial score (nSPS) is 16.4. The van der Waals surface area contributed by atoms with Gasteiger partial charge in [0.25, 0.3) is 0 Å². The van der Waals surface area contributed by atoms with Crippen LogP contribution in [0.4, 0.5) is 28.4 Å². The lowest BCUT2D eigenvalue weighted by atomic mass is 9.46. The van der Waals surface area contributed by atoms with Crippen LogP contribution in [-0.4, -0.2) is 6.85 Å². The van der Waals surface area contributed by atoms with E-state index < -0.39 is 0 Å². The summed E-state index contributed by atoms with van der Waals surface area (Å²) < 4.78 is 2.82. The van der Waals surface area contributed by atoms with Crippen LogP contribution in [0.1, 0.15) is 77.0 Å². The van der Waals surface area contributed by atoms with Gasteiger partial charge in [-0.05, 0) is 129 Å². The molecular weight excluding hydrogens is 752 g/mol. The summed E-state index contributed by atoms with van der Waals surface area (Å²) in [4.78, 5) is 8.11. The molecule has 1 aromatic heterocycles. The molecule has 0 fully saturated rings. The zero-order chi connectivity index (χ0) is 39.8. The molecule has 4 aliphatic rings. The maximum atomic E-state index is 2.74. The molecule has 4 heterocycles. The van der Waals surface area contributed by atoms with Crippen LogP contribution in [0, 0.1) is 0 Å². The molecule has 1 aliphatic carbocycles. The van der Waals surface area contributed by atoms with Gasteiger partial charge in [-0.3, -0.25) is 0 Å². The summed E-state index contributed by atoms with van der Waals surface area (Å²) in [5.41, 5.74) is 17.9. The number of benzene rings is 7. The van der Waals surface area contributed by atoms with Gasteiger partial charge >= 0.3 is 6.85 Å². The van der Waals surface area contributed by atoms with E-state index >= 15 is 0 Å². The molecule has 0 N–H and O–H groups in total. The van der Waals surface area contributed by atoms with Gasteiger partial charge in [0, 0.05) is 47.2 Å². The van der Waals surface area contributed by atoms with Gasteiger partial charge in [-0.2, -0.15) is 0 Å². The van der Waals surface area contributed by atoms with Crippen LogP contribution in [0.3, 0.4) is 0 Å². The summed E-state index contributed by atoms with van der Waals surface area (Å²) >= 11 is 3.96. The van der Waals surface area contributed by atoms with Crippen molar-refractivity contribution in [3.05, 3.63) is 150 Å². The smallest absolute Gasteiger partial charge is 0.343 e. The molecule has 5 heteroatoms. The Morgan fingerprint density at radius 2 is 1.37 bits per heavy atom. The number of thiophene rings is 1. The molecule has 8 aromatic rings. The van der Waals surface area contributed by atoms with Crippen LogP contribution in [0.2, 0.25) is 0 Å². The van der Waals surface area contributed by atoms with Crippen molar-refractivity contribution in [2.75, 3.05) is 9.71 Å². The third-order valence-corrected chi connectivity index (χ3v) is 16.3. The molecule has 0 spiro atoms. The summed E-state index contributed by atoms with van der Waals surface area (Å²) in [6.07, 6.45) is 5.84. The largest absolute Gasteiger partial charge is 0.374 e. The third kappa shape index (κ3) is 5.14. The number of anilines is 5. The van der Waals surface area contributed by atoms with Crippen molar-refractivity contribution in [1.29, 1.82) is 0 Å². The summed E-state index contributed by atoms with van der Waals surface area (Å²) in [6, 6.07) is 51.6. The van der Waals surface area contributed by atoms with Crippen molar-refractivity contribution in [1.82, 2.24) is 0 Å². The molecule has 0 saturated heterocycles. The monoisotopic (exact) mass is 798 g/mol. The van der Waals surface area contributed by atoms with Crippen molar-refractivity contribution in [2.45, 2.75) is 87.3 Å². The van der Waals surface area contributed by atoms with E-state index in [0.717, 1.165) is 6.42 Å². The highest BCUT2D eigenvalue weighted by Crippen LogP contribution is 2.59. The minimum absolute atomic E-state index is 0.00556. The molecule has 0 amide bonds. The zero-order valence-corrected chi connectivity index (χ0v) is 36.2. The number of rotatable bonds is 5. The molecule has 0 radical (unpaired) electrons. The van der Waals surface area contributed by atoms with Crippen molar-refractivity contribution in [2.24, 2.45) is 0 Å². The lowest BCUT2D eigenvalue weighted by molar-refractivity contribution is 0.332. The van der Waals surface area contributed by atoms with E-state index in [-0.39, 0.29) is 17.7 Å². The van der Waals surface area contributed by atoms with Crippen LogP contribution >= 0.6 is 23.1 Å². The second-order valence-electron chi connectivity index (χ2n) is 18.5. The minimum atomic E-state index is 0.00556. The molecule has 0 atom stereocenters. The second kappa shape index (κ2) is 12.9. The number of fused-ring (bicyclic) bond motifs is 11. The van der Waals surface area contributed by atoms with Gasteiger partial charge in [0.2, 0.25) is 0 Å². The molecule has 3 aliphatic heterocycles. The van der Waals surface area contributed by atoms with Crippen LogP contribution in [0.15, 0.2) is 143 Å². The number of unbranched alkanes of at least 4 members (excludes halogenated alkanes) is 1. The fourth-order valence-corrected chi connectivity index (χ4v) is 13.3. The molecule has 288 valence electrons. The Morgan fingerprint density at radius 1 is 0.627 bits per heavy atom. The molecule has 59 heavy (non-hydrogen) atoms. The SMILES string of the molecule is CCCCc1ccc(N2c3cc4ccccc4c4c3B(c3sc5cc6c(cc5c32)C(C)(C)CCC6(C)C)N2c3ccccc3Sc3cccc-4c32)c(-c2ccccc2)c1. The van der Waals surface area contributed by atoms with Crippen LogP contribution < -0.4 is 20.0 Å². The van der Waals surface area contributed by atoms with Gasteiger partial charge < -0.3 is 9.71 Å².